The van der Waals surface area contributed by atoms with Crippen molar-refractivity contribution in [2.75, 3.05) is 0 Å². The van der Waals surface area contributed by atoms with Crippen LogP contribution in [0.1, 0.15) is 76.5 Å². The highest BCUT2D eigenvalue weighted by molar-refractivity contribution is 5.29. The van der Waals surface area contributed by atoms with Crippen molar-refractivity contribution in [1.82, 2.24) is 5.32 Å². The van der Waals surface area contributed by atoms with Crippen molar-refractivity contribution in [3.63, 3.8) is 0 Å². The fraction of sp³-hybridized carbons (Fsp3) is 0.517. The lowest BCUT2D eigenvalue weighted by molar-refractivity contribution is 0.304. The Labute approximate surface area is 185 Å². The minimum Gasteiger partial charge on any atom is -0.298 e. The molecule has 0 aliphatic heterocycles. The molecular formula is C29H41N. The van der Waals surface area contributed by atoms with Gasteiger partial charge in [-0.2, -0.15) is 0 Å². The van der Waals surface area contributed by atoms with Crippen molar-refractivity contribution in [2.24, 2.45) is 5.92 Å². The molecule has 0 spiro atoms. The van der Waals surface area contributed by atoms with E-state index in [2.05, 4.69) is 93.5 Å². The summed E-state index contributed by atoms with van der Waals surface area (Å²) in [6.45, 7) is 9.08. The molecule has 0 heterocycles. The Morgan fingerprint density at radius 1 is 0.900 bits per heavy atom. The summed E-state index contributed by atoms with van der Waals surface area (Å²) in [5, 5.41) is 3.77. The summed E-state index contributed by atoms with van der Waals surface area (Å²) >= 11 is 0. The summed E-state index contributed by atoms with van der Waals surface area (Å²) in [5.41, 5.74) is 3.76. The first kappa shape index (κ1) is 24.2. The minimum absolute atomic E-state index is 0.324. The van der Waals surface area contributed by atoms with Crippen LogP contribution < -0.4 is 5.32 Å². The average molecular weight is 404 g/mol. The van der Waals surface area contributed by atoms with Crippen LogP contribution in [0.5, 0.6) is 0 Å². The van der Waals surface area contributed by atoms with Gasteiger partial charge >= 0.3 is 0 Å². The predicted octanol–water partition coefficient (Wildman–Crippen LogP) is 6.99. The molecule has 0 saturated carbocycles. The third kappa shape index (κ3) is 8.37. The Hall–Kier alpha value is -2.04. The zero-order valence-electron chi connectivity index (χ0n) is 19.6. The summed E-state index contributed by atoms with van der Waals surface area (Å²) in [7, 11) is 0. The first-order valence-electron chi connectivity index (χ1n) is 11.8. The first-order valence-corrected chi connectivity index (χ1v) is 11.8. The van der Waals surface area contributed by atoms with Gasteiger partial charge in [0.2, 0.25) is 0 Å². The summed E-state index contributed by atoms with van der Waals surface area (Å²) < 4.78 is 0. The Kier molecular flexibility index (Phi) is 10.2. The second-order valence-electron chi connectivity index (χ2n) is 9.22. The van der Waals surface area contributed by atoms with Gasteiger partial charge in [0.05, 0.1) is 5.54 Å². The van der Waals surface area contributed by atoms with Gasteiger partial charge in [-0.25, -0.2) is 0 Å². The molecule has 0 aliphatic carbocycles. The summed E-state index contributed by atoms with van der Waals surface area (Å²) in [5.74, 6) is 3.69. The van der Waals surface area contributed by atoms with Crippen molar-refractivity contribution in [1.29, 1.82) is 0 Å². The highest BCUT2D eigenvalue weighted by Gasteiger charge is 2.26. The second-order valence-corrected chi connectivity index (χ2v) is 9.22. The topological polar surface area (TPSA) is 12.0 Å². The smallest absolute Gasteiger partial charge is 0.0812 e. The number of benzene rings is 2. The van der Waals surface area contributed by atoms with E-state index in [1.807, 2.05) is 0 Å². The zero-order chi connectivity index (χ0) is 21.8. The monoisotopic (exact) mass is 403 g/mol. The van der Waals surface area contributed by atoms with Crippen LogP contribution in [0.2, 0.25) is 0 Å². The molecular weight excluding hydrogens is 362 g/mol. The van der Waals surface area contributed by atoms with Gasteiger partial charge in [0.1, 0.15) is 0 Å². The number of nitrogens with one attached hydrogen (secondary N) is 1. The van der Waals surface area contributed by atoms with Crippen LogP contribution in [0.25, 0.3) is 0 Å². The highest BCUT2D eigenvalue weighted by Crippen LogP contribution is 2.20. The number of unbranched alkanes of at least 4 members (excludes halogenated alkanes) is 3. The van der Waals surface area contributed by atoms with Crippen LogP contribution in [-0.4, -0.2) is 11.6 Å². The van der Waals surface area contributed by atoms with E-state index in [1.54, 1.807) is 0 Å². The molecule has 3 unspecified atom stereocenters. The van der Waals surface area contributed by atoms with Crippen molar-refractivity contribution in [3.05, 3.63) is 71.3 Å². The molecule has 0 fully saturated rings. The van der Waals surface area contributed by atoms with Gasteiger partial charge in [-0.05, 0) is 55.7 Å². The summed E-state index contributed by atoms with van der Waals surface area (Å²) in [6, 6.07) is 20.1. The lowest BCUT2D eigenvalue weighted by Gasteiger charge is -2.32. The minimum atomic E-state index is -0.324. The molecule has 1 heteroatoms. The number of rotatable bonds is 13. The molecule has 0 amide bonds. The highest BCUT2D eigenvalue weighted by atomic mass is 15.0. The van der Waals surface area contributed by atoms with Gasteiger partial charge in [0.15, 0.2) is 0 Å². The maximum absolute atomic E-state index is 6.00. The van der Waals surface area contributed by atoms with E-state index in [1.165, 1.54) is 48.8 Å². The molecule has 0 aromatic heterocycles. The maximum atomic E-state index is 6.00. The third-order valence-corrected chi connectivity index (χ3v) is 6.33. The quantitative estimate of drug-likeness (QED) is 0.281. The Morgan fingerprint density at radius 3 is 2.27 bits per heavy atom. The Morgan fingerprint density at radius 2 is 1.57 bits per heavy atom. The fourth-order valence-corrected chi connectivity index (χ4v) is 4.17. The number of hydrogen-bond donors (Lipinski definition) is 1. The van der Waals surface area contributed by atoms with Crippen molar-refractivity contribution >= 4 is 0 Å². The van der Waals surface area contributed by atoms with E-state index in [9.17, 15) is 0 Å². The van der Waals surface area contributed by atoms with Crippen molar-refractivity contribution in [2.45, 2.75) is 90.6 Å². The molecule has 1 nitrogen and oxygen atoms in total. The van der Waals surface area contributed by atoms with Crippen LogP contribution >= 0.6 is 0 Å². The number of aryl methyl sites for hydroxylation is 2. The number of terminal acetylenes is 1. The zero-order valence-corrected chi connectivity index (χ0v) is 19.6. The summed E-state index contributed by atoms with van der Waals surface area (Å²) in [4.78, 5) is 0. The molecule has 1 N–H and O–H groups in total. The second kappa shape index (κ2) is 12.6. The van der Waals surface area contributed by atoms with Crippen LogP contribution in [0.4, 0.5) is 0 Å². The maximum Gasteiger partial charge on any atom is 0.0812 e. The molecule has 2 rings (SSSR count). The molecule has 30 heavy (non-hydrogen) atoms. The third-order valence-electron chi connectivity index (χ3n) is 6.33. The summed E-state index contributed by atoms with van der Waals surface area (Å²) in [6.07, 6.45) is 15.6. The van der Waals surface area contributed by atoms with Crippen LogP contribution in [0.15, 0.2) is 54.6 Å². The van der Waals surface area contributed by atoms with E-state index in [-0.39, 0.29) is 5.54 Å². The lowest BCUT2D eigenvalue weighted by Crippen LogP contribution is -2.49. The van der Waals surface area contributed by atoms with Gasteiger partial charge in [-0.1, -0.05) is 100 Å². The molecule has 0 bridgehead atoms. The molecule has 3 atom stereocenters. The predicted molar refractivity (Wildman–Crippen MR) is 132 cm³/mol. The normalized spacial score (nSPS) is 15.2. The van der Waals surface area contributed by atoms with E-state index in [4.69, 9.17) is 6.42 Å². The Balaban J connectivity index is 1.92. The molecule has 2 aromatic carbocycles. The van der Waals surface area contributed by atoms with Gasteiger partial charge in [-0.3, -0.25) is 5.32 Å². The van der Waals surface area contributed by atoms with Crippen molar-refractivity contribution < 1.29 is 0 Å². The van der Waals surface area contributed by atoms with E-state index >= 15 is 0 Å². The van der Waals surface area contributed by atoms with Crippen LogP contribution in [0.3, 0.4) is 0 Å². The van der Waals surface area contributed by atoms with Crippen LogP contribution in [-0.2, 0) is 19.3 Å². The SMILES string of the molecule is C#CC(C)(Cc1cccc(CCc2ccccc2)c1)NC(C)C(C)CCCCCC. The standard InChI is InChI=1S/C29H41N/c1-6-8-9-11-15-24(3)25(4)30-29(5,7-2)23-28-19-14-18-27(22-28)21-20-26-16-12-10-13-17-26/h2,10,12-14,16-19,22,24-25,30H,6,8-9,11,15,20-21,23H2,1,3-5H3. The molecule has 0 aliphatic rings. The van der Waals surface area contributed by atoms with Gasteiger partial charge in [0.25, 0.3) is 0 Å². The average Bonchev–Trinajstić information content (AvgIpc) is 2.76. The molecule has 2 aromatic rings. The number of hydrogen-bond acceptors (Lipinski definition) is 1. The van der Waals surface area contributed by atoms with E-state index in [0.717, 1.165) is 19.3 Å². The van der Waals surface area contributed by atoms with Gasteiger partial charge in [-0.15, -0.1) is 6.42 Å². The van der Waals surface area contributed by atoms with Crippen molar-refractivity contribution in [3.8, 4) is 12.3 Å². The largest absolute Gasteiger partial charge is 0.298 e. The van der Waals surface area contributed by atoms with E-state index in [0.29, 0.717) is 12.0 Å². The fourth-order valence-electron chi connectivity index (χ4n) is 4.17. The van der Waals surface area contributed by atoms with Gasteiger partial charge < -0.3 is 0 Å². The van der Waals surface area contributed by atoms with Crippen LogP contribution in [0, 0.1) is 18.3 Å². The van der Waals surface area contributed by atoms with E-state index < -0.39 is 0 Å². The molecule has 162 valence electrons. The molecule has 0 radical (unpaired) electrons. The lowest BCUT2D eigenvalue weighted by atomic mass is 9.88. The van der Waals surface area contributed by atoms with Gasteiger partial charge in [0, 0.05) is 12.5 Å². The first-order chi connectivity index (χ1) is 14.5. The molecule has 0 saturated heterocycles. The Bertz CT molecular complexity index is 772.